The fourth-order valence-corrected chi connectivity index (χ4v) is 2.44. The maximum absolute atomic E-state index is 5.93. The molecule has 0 spiro atoms. The number of hydrogen-bond donors (Lipinski definition) is 1. The highest BCUT2D eigenvalue weighted by molar-refractivity contribution is 5.24. The van der Waals surface area contributed by atoms with Crippen molar-refractivity contribution in [2.45, 2.75) is 46.1 Å². The molecule has 0 amide bonds. The van der Waals surface area contributed by atoms with E-state index in [2.05, 4.69) is 62.5 Å². The van der Waals surface area contributed by atoms with Crippen LogP contribution in [-0.2, 0) is 12.8 Å². The number of benzene rings is 1. The van der Waals surface area contributed by atoms with Crippen LogP contribution in [0.15, 0.2) is 40.8 Å². The fraction of sp³-hybridized carbons (Fsp3) is 0.444. The van der Waals surface area contributed by atoms with Gasteiger partial charge in [-0.05, 0) is 44.0 Å². The number of furan rings is 1. The van der Waals surface area contributed by atoms with E-state index in [1.165, 1.54) is 11.1 Å². The summed E-state index contributed by atoms with van der Waals surface area (Å²) in [5.41, 5.74) is 2.67. The molecule has 2 aromatic rings. The minimum absolute atomic E-state index is 0.261. The Morgan fingerprint density at radius 3 is 2.65 bits per heavy atom. The molecule has 1 heterocycles. The second kappa shape index (κ2) is 7.30. The van der Waals surface area contributed by atoms with Gasteiger partial charge < -0.3 is 9.73 Å². The van der Waals surface area contributed by atoms with Crippen LogP contribution in [0.4, 0.5) is 0 Å². The van der Waals surface area contributed by atoms with Gasteiger partial charge >= 0.3 is 0 Å². The maximum atomic E-state index is 5.93. The first-order valence-electron chi connectivity index (χ1n) is 7.60. The van der Waals surface area contributed by atoms with Gasteiger partial charge in [0.2, 0.25) is 0 Å². The Morgan fingerprint density at radius 1 is 1.15 bits per heavy atom. The van der Waals surface area contributed by atoms with Gasteiger partial charge in [0.25, 0.3) is 0 Å². The summed E-state index contributed by atoms with van der Waals surface area (Å²) in [6, 6.07) is 13.2. The number of nitrogens with one attached hydrogen (secondary N) is 1. The van der Waals surface area contributed by atoms with Crippen molar-refractivity contribution < 1.29 is 4.42 Å². The Kier molecular flexibility index (Phi) is 5.42. The Morgan fingerprint density at radius 2 is 2.00 bits per heavy atom. The highest BCUT2D eigenvalue weighted by Gasteiger charge is 2.15. The van der Waals surface area contributed by atoms with Gasteiger partial charge in [0.1, 0.15) is 11.5 Å². The Balaban J connectivity index is 2.14. The third-order valence-corrected chi connectivity index (χ3v) is 3.54. The van der Waals surface area contributed by atoms with Crippen LogP contribution >= 0.6 is 0 Å². The summed E-state index contributed by atoms with van der Waals surface area (Å²) in [5.74, 6) is 2.12. The van der Waals surface area contributed by atoms with Gasteiger partial charge in [-0.3, -0.25) is 0 Å². The molecule has 1 atom stereocenters. The minimum atomic E-state index is 0.261. The molecule has 2 nitrogen and oxygen atoms in total. The maximum Gasteiger partial charge on any atom is 0.121 e. The zero-order valence-corrected chi connectivity index (χ0v) is 12.8. The molecule has 0 bridgehead atoms. The van der Waals surface area contributed by atoms with Crippen molar-refractivity contribution in [1.82, 2.24) is 5.32 Å². The monoisotopic (exact) mass is 271 g/mol. The molecular weight excluding hydrogens is 246 g/mol. The highest BCUT2D eigenvalue weighted by atomic mass is 16.3. The number of hydrogen-bond acceptors (Lipinski definition) is 2. The molecule has 2 rings (SSSR count). The van der Waals surface area contributed by atoms with Crippen molar-refractivity contribution in [2.75, 3.05) is 6.54 Å². The average molecular weight is 271 g/mol. The van der Waals surface area contributed by atoms with Crippen molar-refractivity contribution in [1.29, 1.82) is 0 Å². The Bertz CT molecular complexity index is 530. The predicted molar refractivity (Wildman–Crippen MR) is 84.0 cm³/mol. The van der Waals surface area contributed by atoms with Crippen molar-refractivity contribution in [3.63, 3.8) is 0 Å². The Hall–Kier alpha value is -1.54. The van der Waals surface area contributed by atoms with E-state index in [1.807, 2.05) is 0 Å². The zero-order chi connectivity index (χ0) is 14.4. The van der Waals surface area contributed by atoms with E-state index in [4.69, 9.17) is 4.42 Å². The smallest absolute Gasteiger partial charge is 0.121 e. The van der Waals surface area contributed by atoms with E-state index in [-0.39, 0.29) is 6.04 Å². The normalized spacial score (nSPS) is 12.6. The zero-order valence-electron chi connectivity index (χ0n) is 12.8. The second-order valence-electron chi connectivity index (χ2n) is 5.36. The fourth-order valence-electron chi connectivity index (χ4n) is 2.44. The molecule has 2 heteroatoms. The number of aryl methyl sites for hydroxylation is 2. The summed E-state index contributed by atoms with van der Waals surface area (Å²) in [6.45, 7) is 7.46. The van der Waals surface area contributed by atoms with Crippen LogP contribution in [0.1, 0.15) is 49.0 Å². The van der Waals surface area contributed by atoms with Crippen LogP contribution in [0, 0.1) is 6.92 Å². The van der Waals surface area contributed by atoms with Crippen LogP contribution < -0.4 is 5.32 Å². The van der Waals surface area contributed by atoms with Gasteiger partial charge in [0, 0.05) is 6.42 Å². The van der Waals surface area contributed by atoms with Crippen molar-refractivity contribution in [3.05, 3.63) is 59.0 Å². The molecule has 1 aromatic carbocycles. The van der Waals surface area contributed by atoms with Gasteiger partial charge in [0.05, 0.1) is 6.04 Å². The van der Waals surface area contributed by atoms with E-state index in [0.717, 1.165) is 37.3 Å². The standard InChI is InChI=1S/C18H25NO/c1-4-11-19-17(18-10-9-16(5-2)20-18)13-15-8-6-7-14(3)12-15/h6-10,12,17,19H,4-5,11,13H2,1-3H3. The van der Waals surface area contributed by atoms with Gasteiger partial charge in [-0.15, -0.1) is 0 Å². The van der Waals surface area contributed by atoms with Gasteiger partial charge in [0.15, 0.2) is 0 Å². The van der Waals surface area contributed by atoms with Crippen LogP contribution in [0.5, 0.6) is 0 Å². The van der Waals surface area contributed by atoms with Crippen LogP contribution in [0.3, 0.4) is 0 Å². The SMILES string of the molecule is CCCNC(Cc1cccc(C)c1)c1ccc(CC)o1. The summed E-state index contributed by atoms with van der Waals surface area (Å²) in [4.78, 5) is 0. The average Bonchev–Trinajstić information content (AvgIpc) is 2.92. The number of rotatable bonds is 7. The molecule has 20 heavy (non-hydrogen) atoms. The van der Waals surface area contributed by atoms with E-state index >= 15 is 0 Å². The van der Waals surface area contributed by atoms with E-state index in [1.54, 1.807) is 0 Å². The van der Waals surface area contributed by atoms with E-state index in [9.17, 15) is 0 Å². The highest BCUT2D eigenvalue weighted by Crippen LogP contribution is 2.22. The molecular formula is C18H25NO. The van der Waals surface area contributed by atoms with Gasteiger partial charge in [-0.1, -0.05) is 43.7 Å². The van der Waals surface area contributed by atoms with Crippen molar-refractivity contribution >= 4 is 0 Å². The molecule has 1 aromatic heterocycles. The molecule has 0 fully saturated rings. The topological polar surface area (TPSA) is 25.2 Å². The van der Waals surface area contributed by atoms with Crippen molar-refractivity contribution in [2.24, 2.45) is 0 Å². The second-order valence-corrected chi connectivity index (χ2v) is 5.36. The summed E-state index contributed by atoms with van der Waals surface area (Å²) in [5, 5.41) is 3.60. The molecule has 1 N–H and O–H groups in total. The van der Waals surface area contributed by atoms with Gasteiger partial charge in [-0.2, -0.15) is 0 Å². The van der Waals surface area contributed by atoms with E-state index < -0.39 is 0 Å². The Labute approximate surface area is 122 Å². The molecule has 1 unspecified atom stereocenters. The first-order chi connectivity index (χ1) is 9.72. The summed E-state index contributed by atoms with van der Waals surface area (Å²) in [7, 11) is 0. The molecule has 0 radical (unpaired) electrons. The third-order valence-electron chi connectivity index (χ3n) is 3.54. The van der Waals surface area contributed by atoms with Crippen molar-refractivity contribution in [3.8, 4) is 0 Å². The molecule has 0 aliphatic rings. The van der Waals surface area contributed by atoms with Gasteiger partial charge in [-0.25, -0.2) is 0 Å². The molecule has 0 aliphatic heterocycles. The lowest BCUT2D eigenvalue weighted by molar-refractivity contribution is 0.392. The largest absolute Gasteiger partial charge is 0.464 e. The summed E-state index contributed by atoms with van der Waals surface area (Å²) >= 11 is 0. The molecule has 108 valence electrons. The molecule has 0 saturated carbocycles. The summed E-state index contributed by atoms with van der Waals surface area (Å²) in [6.07, 6.45) is 3.05. The summed E-state index contributed by atoms with van der Waals surface area (Å²) < 4.78 is 5.93. The van der Waals surface area contributed by atoms with Crippen LogP contribution in [0.25, 0.3) is 0 Å². The lowest BCUT2D eigenvalue weighted by Crippen LogP contribution is -2.23. The van der Waals surface area contributed by atoms with Crippen LogP contribution in [-0.4, -0.2) is 6.54 Å². The van der Waals surface area contributed by atoms with E-state index in [0.29, 0.717) is 0 Å². The van der Waals surface area contributed by atoms with Crippen LogP contribution in [0.2, 0.25) is 0 Å². The quantitative estimate of drug-likeness (QED) is 0.805. The lowest BCUT2D eigenvalue weighted by Gasteiger charge is -2.17. The lowest BCUT2D eigenvalue weighted by atomic mass is 10.0. The molecule has 0 saturated heterocycles. The molecule has 0 aliphatic carbocycles. The first-order valence-corrected chi connectivity index (χ1v) is 7.60. The third kappa shape index (κ3) is 3.97. The minimum Gasteiger partial charge on any atom is -0.464 e. The predicted octanol–water partition coefficient (Wildman–Crippen LogP) is 4.43. The first kappa shape index (κ1) is 14.9.